The van der Waals surface area contributed by atoms with Gasteiger partial charge in [0.25, 0.3) is 6.43 Å². The molecule has 0 aliphatic heterocycles. The number of halogens is 2. The minimum Gasteiger partial charge on any atom is -0.374 e. The highest BCUT2D eigenvalue weighted by atomic mass is 32.1. The molecule has 0 saturated carbocycles. The van der Waals surface area contributed by atoms with Gasteiger partial charge in [-0.2, -0.15) is 0 Å². The van der Waals surface area contributed by atoms with Gasteiger partial charge >= 0.3 is 0 Å². The van der Waals surface area contributed by atoms with Gasteiger partial charge in [-0.05, 0) is 25.5 Å². The number of thiophene rings is 1. The van der Waals surface area contributed by atoms with Crippen LogP contribution in [0.25, 0.3) is 0 Å². The Morgan fingerprint density at radius 1 is 1.44 bits per heavy atom. The Bertz CT molecular complexity index is 315. The van der Waals surface area contributed by atoms with Crippen molar-refractivity contribution in [1.82, 2.24) is 5.32 Å². The Kier molecular flexibility index (Phi) is 5.87. The van der Waals surface area contributed by atoms with Gasteiger partial charge in [0.1, 0.15) is 6.61 Å². The Labute approximate surface area is 98.6 Å². The predicted octanol–water partition coefficient (Wildman–Crippen LogP) is 2.74. The topological polar surface area (TPSA) is 21.3 Å². The molecule has 1 aromatic heterocycles. The van der Waals surface area contributed by atoms with E-state index >= 15 is 0 Å². The monoisotopic (exact) mass is 249 g/mol. The summed E-state index contributed by atoms with van der Waals surface area (Å²) in [5.74, 6) is 0. The first-order valence-corrected chi connectivity index (χ1v) is 6.03. The molecule has 0 spiro atoms. The smallest absolute Gasteiger partial charge is 0.261 e. The summed E-state index contributed by atoms with van der Waals surface area (Å²) in [6, 6.07) is 2.15. The molecule has 0 unspecified atom stereocenters. The number of hydrogen-bond acceptors (Lipinski definition) is 3. The van der Waals surface area contributed by atoms with Crippen LogP contribution in [0.4, 0.5) is 8.78 Å². The van der Waals surface area contributed by atoms with E-state index in [1.165, 1.54) is 15.3 Å². The molecule has 0 aliphatic carbocycles. The van der Waals surface area contributed by atoms with Crippen molar-refractivity contribution in [3.05, 3.63) is 21.4 Å². The lowest BCUT2D eigenvalue weighted by Crippen LogP contribution is -2.20. The quantitative estimate of drug-likeness (QED) is 0.750. The lowest BCUT2D eigenvalue weighted by molar-refractivity contribution is 0.0187. The van der Waals surface area contributed by atoms with Crippen molar-refractivity contribution in [2.24, 2.45) is 0 Å². The number of hydrogen-bond donors (Lipinski definition) is 1. The highest BCUT2D eigenvalue weighted by Crippen LogP contribution is 2.19. The average Bonchev–Trinajstić information content (AvgIpc) is 2.50. The third kappa shape index (κ3) is 5.01. The predicted molar refractivity (Wildman–Crippen MR) is 62.3 cm³/mol. The third-order valence-electron chi connectivity index (χ3n) is 2.13. The molecule has 1 aromatic rings. The van der Waals surface area contributed by atoms with E-state index in [4.69, 9.17) is 4.74 Å². The van der Waals surface area contributed by atoms with E-state index in [-0.39, 0.29) is 0 Å². The number of alkyl halides is 2. The van der Waals surface area contributed by atoms with Gasteiger partial charge < -0.3 is 10.1 Å². The van der Waals surface area contributed by atoms with Crippen LogP contribution < -0.4 is 5.32 Å². The second kappa shape index (κ2) is 6.93. The first-order chi connectivity index (χ1) is 7.59. The fraction of sp³-hybridized carbons (Fsp3) is 0.636. The molecule has 16 heavy (non-hydrogen) atoms. The van der Waals surface area contributed by atoms with E-state index in [1.807, 2.05) is 0 Å². The minimum atomic E-state index is -2.37. The van der Waals surface area contributed by atoms with Crippen molar-refractivity contribution in [2.75, 3.05) is 19.8 Å². The Morgan fingerprint density at radius 3 is 2.75 bits per heavy atom. The number of aryl methyl sites for hydroxylation is 2. The molecular formula is C11H17F2NOS. The molecule has 0 radical (unpaired) electrons. The largest absolute Gasteiger partial charge is 0.374 e. The van der Waals surface area contributed by atoms with Gasteiger partial charge in [0.15, 0.2) is 0 Å². The molecule has 5 heteroatoms. The third-order valence-corrected chi connectivity index (χ3v) is 3.13. The van der Waals surface area contributed by atoms with Crippen LogP contribution in [0, 0.1) is 13.8 Å². The number of nitrogens with one attached hydrogen (secondary N) is 1. The van der Waals surface area contributed by atoms with Crippen LogP contribution >= 0.6 is 11.3 Å². The van der Waals surface area contributed by atoms with Crippen LogP contribution in [-0.2, 0) is 11.3 Å². The fourth-order valence-electron chi connectivity index (χ4n) is 1.40. The standard InChI is InChI=1S/C11H17F2NOS/c1-8-5-10(9(2)16-8)6-14-3-4-15-7-11(12)13/h5,11,14H,3-4,6-7H2,1-2H3. The van der Waals surface area contributed by atoms with Crippen molar-refractivity contribution in [3.63, 3.8) is 0 Å². The molecule has 1 rings (SSSR count). The molecular weight excluding hydrogens is 232 g/mol. The zero-order chi connectivity index (χ0) is 12.0. The van der Waals surface area contributed by atoms with E-state index in [1.54, 1.807) is 11.3 Å². The Morgan fingerprint density at radius 2 is 2.19 bits per heavy atom. The minimum absolute atomic E-state index is 0.326. The summed E-state index contributed by atoms with van der Waals surface area (Å²) in [4.78, 5) is 2.60. The Balaban J connectivity index is 2.09. The summed E-state index contributed by atoms with van der Waals surface area (Å²) in [6.07, 6.45) is -2.37. The van der Waals surface area contributed by atoms with Gasteiger partial charge in [-0.15, -0.1) is 11.3 Å². The van der Waals surface area contributed by atoms with Gasteiger partial charge in [-0.3, -0.25) is 0 Å². The van der Waals surface area contributed by atoms with Crippen LogP contribution in [0.1, 0.15) is 15.3 Å². The fourth-order valence-corrected chi connectivity index (χ4v) is 2.35. The second-order valence-electron chi connectivity index (χ2n) is 3.58. The molecule has 0 fully saturated rings. The van der Waals surface area contributed by atoms with Gasteiger partial charge in [0, 0.05) is 22.8 Å². The molecule has 1 heterocycles. The number of rotatable bonds is 7. The molecule has 92 valence electrons. The van der Waals surface area contributed by atoms with Crippen molar-refractivity contribution >= 4 is 11.3 Å². The molecule has 0 saturated heterocycles. The summed E-state index contributed by atoms with van der Waals surface area (Å²) in [5.41, 5.74) is 1.27. The maximum atomic E-state index is 11.7. The summed E-state index contributed by atoms with van der Waals surface area (Å²) in [5, 5.41) is 3.17. The zero-order valence-electron chi connectivity index (χ0n) is 9.56. The van der Waals surface area contributed by atoms with E-state index in [0.717, 1.165) is 6.54 Å². The van der Waals surface area contributed by atoms with Crippen LogP contribution in [0.5, 0.6) is 0 Å². The van der Waals surface area contributed by atoms with E-state index in [2.05, 4.69) is 25.2 Å². The van der Waals surface area contributed by atoms with Crippen LogP contribution in [-0.4, -0.2) is 26.2 Å². The average molecular weight is 249 g/mol. The summed E-state index contributed by atoms with van der Waals surface area (Å²) in [6.45, 7) is 5.38. The van der Waals surface area contributed by atoms with Crippen molar-refractivity contribution in [1.29, 1.82) is 0 Å². The lowest BCUT2D eigenvalue weighted by atomic mass is 10.2. The van der Waals surface area contributed by atoms with Gasteiger partial charge in [0.2, 0.25) is 0 Å². The SMILES string of the molecule is Cc1cc(CNCCOCC(F)F)c(C)s1. The van der Waals surface area contributed by atoms with Crippen LogP contribution in [0.2, 0.25) is 0 Å². The van der Waals surface area contributed by atoms with Gasteiger partial charge in [0.05, 0.1) is 6.61 Å². The second-order valence-corrected chi connectivity index (χ2v) is 5.04. The highest BCUT2D eigenvalue weighted by Gasteiger charge is 2.03. The van der Waals surface area contributed by atoms with E-state index < -0.39 is 13.0 Å². The summed E-state index contributed by atoms with van der Waals surface area (Å²) < 4.78 is 28.2. The normalized spacial score (nSPS) is 11.3. The summed E-state index contributed by atoms with van der Waals surface area (Å²) in [7, 11) is 0. The van der Waals surface area contributed by atoms with Crippen LogP contribution in [0.15, 0.2) is 6.07 Å². The Hall–Kier alpha value is -0.520. The molecule has 0 atom stereocenters. The zero-order valence-corrected chi connectivity index (χ0v) is 10.4. The molecule has 0 aromatic carbocycles. The van der Waals surface area contributed by atoms with Crippen molar-refractivity contribution < 1.29 is 13.5 Å². The molecule has 0 aliphatic rings. The van der Waals surface area contributed by atoms with Gasteiger partial charge in [-0.25, -0.2) is 8.78 Å². The maximum absolute atomic E-state index is 11.7. The summed E-state index contributed by atoms with van der Waals surface area (Å²) >= 11 is 1.77. The van der Waals surface area contributed by atoms with Crippen molar-refractivity contribution in [2.45, 2.75) is 26.8 Å². The van der Waals surface area contributed by atoms with Crippen LogP contribution in [0.3, 0.4) is 0 Å². The highest BCUT2D eigenvalue weighted by molar-refractivity contribution is 7.12. The van der Waals surface area contributed by atoms with Crippen molar-refractivity contribution in [3.8, 4) is 0 Å². The van der Waals surface area contributed by atoms with Gasteiger partial charge in [-0.1, -0.05) is 0 Å². The maximum Gasteiger partial charge on any atom is 0.261 e. The first kappa shape index (κ1) is 13.5. The molecule has 0 bridgehead atoms. The molecule has 2 nitrogen and oxygen atoms in total. The first-order valence-electron chi connectivity index (χ1n) is 5.22. The van der Waals surface area contributed by atoms with E-state index in [0.29, 0.717) is 13.2 Å². The van der Waals surface area contributed by atoms with E-state index in [9.17, 15) is 8.78 Å². The lowest BCUT2D eigenvalue weighted by Gasteiger charge is -2.05. The number of ether oxygens (including phenoxy) is 1. The molecule has 1 N–H and O–H groups in total. The molecule has 0 amide bonds.